The van der Waals surface area contributed by atoms with Crippen molar-refractivity contribution in [2.45, 2.75) is 32.1 Å². The summed E-state index contributed by atoms with van der Waals surface area (Å²) in [7, 11) is 0. The lowest BCUT2D eigenvalue weighted by Gasteiger charge is -2.37. The molecule has 1 aliphatic carbocycles. The zero-order valence-corrected chi connectivity index (χ0v) is 16.1. The zero-order chi connectivity index (χ0) is 19.0. The van der Waals surface area contributed by atoms with Crippen molar-refractivity contribution >= 4 is 11.8 Å². The Morgan fingerprint density at radius 3 is 1.93 bits per heavy atom. The first-order valence-electron chi connectivity index (χ1n) is 9.72. The van der Waals surface area contributed by atoms with Gasteiger partial charge in [0.15, 0.2) is 0 Å². The summed E-state index contributed by atoms with van der Waals surface area (Å²) in [5, 5.41) is 0. The van der Waals surface area contributed by atoms with Crippen molar-refractivity contribution in [1.29, 1.82) is 0 Å². The first kappa shape index (κ1) is 17.8. The summed E-state index contributed by atoms with van der Waals surface area (Å²) >= 11 is 0. The van der Waals surface area contributed by atoms with Gasteiger partial charge in [0, 0.05) is 31.7 Å². The lowest BCUT2D eigenvalue weighted by Crippen LogP contribution is -2.53. The molecule has 4 nitrogen and oxygen atoms in total. The highest BCUT2D eigenvalue weighted by atomic mass is 16.2. The van der Waals surface area contributed by atoms with E-state index in [9.17, 15) is 9.59 Å². The van der Waals surface area contributed by atoms with Crippen molar-refractivity contribution in [3.05, 3.63) is 70.8 Å². The zero-order valence-electron chi connectivity index (χ0n) is 16.1. The lowest BCUT2D eigenvalue weighted by atomic mass is 9.91. The molecule has 2 aromatic rings. The molecule has 2 amide bonds. The second-order valence-corrected chi connectivity index (χ2v) is 7.91. The maximum absolute atomic E-state index is 13.3. The molecule has 27 heavy (non-hydrogen) atoms. The molecular formula is C23H26N2O2. The molecule has 4 rings (SSSR count). The van der Waals surface area contributed by atoms with Gasteiger partial charge >= 0.3 is 0 Å². The molecule has 2 fully saturated rings. The first-order chi connectivity index (χ1) is 13.0. The molecule has 0 spiro atoms. The number of carbonyl (C=O) groups is 2. The van der Waals surface area contributed by atoms with Gasteiger partial charge in [-0.2, -0.15) is 0 Å². The highest BCUT2D eigenvalue weighted by Gasteiger charge is 2.53. The summed E-state index contributed by atoms with van der Waals surface area (Å²) in [6.45, 7) is 6.61. The van der Waals surface area contributed by atoms with Crippen LogP contribution in [0.3, 0.4) is 0 Å². The van der Waals surface area contributed by atoms with E-state index in [0.717, 1.165) is 18.4 Å². The van der Waals surface area contributed by atoms with Crippen molar-refractivity contribution in [3.63, 3.8) is 0 Å². The molecule has 0 bridgehead atoms. The third-order valence-electron chi connectivity index (χ3n) is 5.81. The molecule has 1 saturated heterocycles. The Balaban J connectivity index is 1.44. The number of hydrogen-bond donors (Lipinski definition) is 0. The highest BCUT2D eigenvalue weighted by molar-refractivity contribution is 5.95. The Morgan fingerprint density at radius 2 is 1.37 bits per heavy atom. The number of aryl methyl sites for hydroxylation is 2. The summed E-state index contributed by atoms with van der Waals surface area (Å²) in [4.78, 5) is 29.7. The highest BCUT2D eigenvalue weighted by Crippen LogP contribution is 2.50. The topological polar surface area (TPSA) is 40.6 Å². The molecule has 1 aliphatic heterocycles. The van der Waals surface area contributed by atoms with E-state index >= 15 is 0 Å². The van der Waals surface area contributed by atoms with Gasteiger partial charge in [-0.3, -0.25) is 9.59 Å². The summed E-state index contributed by atoms with van der Waals surface area (Å²) in [5.41, 5.74) is 3.96. The van der Waals surface area contributed by atoms with Crippen LogP contribution >= 0.6 is 0 Å². The van der Waals surface area contributed by atoms with E-state index in [1.807, 2.05) is 40.1 Å². The van der Waals surface area contributed by atoms with Gasteiger partial charge in [-0.1, -0.05) is 47.5 Å². The van der Waals surface area contributed by atoms with E-state index in [1.54, 1.807) is 0 Å². The Hall–Kier alpha value is -2.62. The minimum absolute atomic E-state index is 0.0538. The van der Waals surface area contributed by atoms with Crippen molar-refractivity contribution in [2.75, 3.05) is 26.2 Å². The van der Waals surface area contributed by atoms with Gasteiger partial charge < -0.3 is 9.80 Å². The summed E-state index contributed by atoms with van der Waals surface area (Å²) < 4.78 is 0. The van der Waals surface area contributed by atoms with E-state index < -0.39 is 0 Å². The van der Waals surface area contributed by atoms with Crippen LogP contribution in [0.4, 0.5) is 0 Å². The molecule has 4 heteroatoms. The van der Waals surface area contributed by atoms with Gasteiger partial charge in [-0.15, -0.1) is 0 Å². The van der Waals surface area contributed by atoms with E-state index in [1.165, 1.54) is 11.1 Å². The fourth-order valence-corrected chi connectivity index (χ4v) is 4.18. The fourth-order valence-electron chi connectivity index (χ4n) is 4.18. The monoisotopic (exact) mass is 362 g/mol. The Labute approximate surface area is 160 Å². The van der Waals surface area contributed by atoms with Crippen LogP contribution in [0.1, 0.15) is 39.9 Å². The molecule has 1 heterocycles. The number of rotatable bonds is 3. The first-order valence-corrected chi connectivity index (χ1v) is 9.72. The predicted molar refractivity (Wildman–Crippen MR) is 106 cm³/mol. The predicted octanol–water partition coefficient (Wildman–Crippen LogP) is 3.32. The Morgan fingerprint density at radius 1 is 0.815 bits per heavy atom. The van der Waals surface area contributed by atoms with E-state index in [0.29, 0.717) is 31.7 Å². The number of piperazine rings is 1. The minimum Gasteiger partial charge on any atom is -0.338 e. The Kier molecular flexibility index (Phi) is 4.50. The van der Waals surface area contributed by atoms with Crippen LogP contribution in [0.25, 0.3) is 0 Å². The van der Waals surface area contributed by atoms with Gasteiger partial charge in [-0.05, 0) is 44.4 Å². The molecule has 0 unspecified atom stereocenters. The summed E-state index contributed by atoms with van der Waals surface area (Å²) in [5.74, 6) is 0.289. The minimum atomic E-state index is -0.331. The third kappa shape index (κ3) is 3.36. The summed E-state index contributed by atoms with van der Waals surface area (Å²) in [6, 6.07) is 15.8. The molecule has 0 atom stereocenters. The van der Waals surface area contributed by atoms with Crippen molar-refractivity contribution in [3.8, 4) is 0 Å². The molecule has 1 saturated carbocycles. The van der Waals surface area contributed by atoms with Crippen LogP contribution in [0.15, 0.2) is 48.5 Å². The maximum atomic E-state index is 13.3. The average molecular weight is 362 g/mol. The second-order valence-electron chi connectivity index (χ2n) is 7.91. The van der Waals surface area contributed by atoms with E-state index in [-0.39, 0.29) is 17.2 Å². The van der Waals surface area contributed by atoms with Crippen molar-refractivity contribution in [1.82, 2.24) is 9.80 Å². The third-order valence-corrected chi connectivity index (χ3v) is 5.81. The van der Waals surface area contributed by atoms with E-state index in [2.05, 4.69) is 32.0 Å². The van der Waals surface area contributed by atoms with Crippen LogP contribution in [0.5, 0.6) is 0 Å². The van der Waals surface area contributed by atoms with Crippen LogP contribution in [0, 0.1) is 13.8 Å². The standard InChI is InChI=1S/C23H26N2O2/c1-17-14-18(2)16-20(15-17)23(8-9-23)22(27)25-12-10-24(11-13-25)21(26)19-6-4-3-5-7-19/h3-7,14-16H,8-13H2,1-2H3. The molecule has 140 valence electrons. The maximum Gasteiger partial charge on any atom is 0.253 e. The van der Waals surface area contributed by atoms with Crippen LogP contribution in [0.2, 0.25) is 0 Å². The van der Waals surface area contributed by atoms with Crippen LogP contribution in [-0.2, 0) is 10.2 Å². The number of benzene rings is 2. The molecule has 0 N–H and O–H groups in total. The van der Waals surface area contributed by atoms with Gasteiger partial charge in [0.2, 0.25) is 5.91 Å². The molecule has 2 aromatic carbocycles. The van der Waals surface area contributed by atoms with Crippen LogP contribution < -0.4 is 0 Å². The molecular weight excluding hydrogens is 336 g/mol. The largest absolute Gasteiger partial charge is 0.338 e. The number of amides is 2. The Bertz CT molecular complexity index is 843. The number of hydrogen-bond acceptors (Lipinski definition) is 2. The summed E-state index contributed by atoms with van der Waals surface area (Å²) in [6.07, 6.45) is 1.86. The average Bonchev–Trinajstić information content (AvgIpc) is 3.49. The number of nitrogens with zero attached hydrogens (tertiary/aromatic N) is 2. The van der Waals surface area contributed by atoms with Gasteiger partial charge in [-0.25, -0.2) is 0 Å². The number of carbonyl (C=O) groups excluding carboxylic acids is 2. The fraction of sp³-hybridized carbons (Fsp3) is 0.391. The smallest absolute Gasteiger partial charge is 0.253 e. The van der Waals surface area contributed by atoms with Gasteiger partial charge in [0.1, 0.15) is 0 Å². The SMILES string of the molecule is Cc1cc(C)cc(C2(C(=O)N3CCN(C(=O)c4ccccc4)CC3)CC2)c1. The normalized spacial score (nSPS) is 18.3. The lowest BCUT2D eigenvalue weighted by molar-refractivity contribution is -0.135. The van der Waals surface area contributed by atoms with Crippen molar-refractivity contribution < 1.29 is 9.59 Å². The van der Waals surface area contributed by atoms with Gasteiger partial charge in [0.25, 0.3) is 5.91 Å². The molecule has 0 aromatic heterocycles. The molecule has 2 aliphatic rings. The van der Waals surface area contributed by atoms with Crippen molar-refractivity contribution in [2.24, 2.45) is 0 Å². The quantitative estimate of drug-likeness (QED) is 0.840. The van der Waals surface area contributed by atoms with E-state index in [4.69, 9.17) is 0 Å². The molecule has 0 radical (unpaired) electrons. The van der Waals surface area contributed by atoms with Gasteiger partial charge in [0.05, 0.1) is 5.41 Å². The van der Waals surface area contributed by atoms with Crippen LogP contribution in [-0.4, -0.2) is 47.8 Å². The second kappa shape index (κ2) is 6.84.